The Morgan fingerprint density at radius 1 is 1.28 bits per heavy atom. The second kappa shape index (κ2) is 6.88. The number of aryl methyl sites for hydroxylation is 1. The highest BCUT2D eigenvalue weighted by molar-refractivity contribution is 5.76. The van der Waals surface area contributed by atoms with Crippen LogP contribution in [0.5, 0.6) is 0 Å². The predicted octanol–water partition coefficient (Wildman–Crippen LogP) is 1.59. The molecule has 1 fully saturated rings. The number of nitrogens with zero attached hydrogens (tertiary/aromatic N) is 5. The molecule has 1 aromatic heterocycles. The molecule has 0 aliphatic carbocycles. The Kier molecular flexibility index (Phi) is 4.64. The lowest BCUT2D eigenvalue weighted by atomic mass is 10.2. The fraction of sp³-hybridized carbons (Fsp3) is 0.375. The van der Waals surface area contributed by atoms with Gasteiger partial charge in [0, 0.05) is 33.1 Å². The number of rotatable bonds is 4. The minimum absolute atomic E-state index is 0.123. The number of para-hydroxylation sites is 1. The lowest BCUT2D eigenvalue weighted by molar-refractivity contribution is -0.392. The molecule has 0 spiro atoms. The van der Waals surface area contributed by atoms with E-state index in [-0.39, 0.29) is 24.1 Å². The maximum atomic E-state index is 13.9. The Labute approximate surface area is 143 Å². The van der Waals surface area contributed by atoms with Gasteiger partial charge in [0.05, 0.1) is 5.69 Å². The molecule has 0 N–H and O–H groups in total. The van der Waals surface area contributed by atoms with Gasteiger partial charge in [0.1, 0.15) is 12.0 Å². The molecule has 0 saturated carbocycles. The Balaban J connectivity index is 1.64. The van der Waals surface area contributed by atoms with Crippen LogP contribution in [-0.2, 0) is 11.3 Å². The van der Waals surface area contributed by atoms with Crippen molar-refractivity contribution in [3.63, 3.8) is 0 Å². The summed E-state index contributed by atoms with van der Waals surface area (Å²) in [5, 5.41) is 11.0. The van der Waals surface area contributed by atoms with Gasteiger partial charge in [0.25, 0.3) is 5.91 Å². The van der Waals surface area contributed by atoms with E-state index in [4.69, 9.17) is 0 Å². The quantitative estimate of drug-likeness (QED) is 0.619. The van der Waals surface area contributed by atoms with E-state index < -0.39 is 4.92 Å². The third kappa shape index (κ3) is 3.44. The first-order valence-corrected chi connectivity index (χ1v) is 7.91. The largest absolute Gasteiger partial charge is 0.366 e. The molecular weight excluding hydrogens is 329 g/mol. The highest BCUT2D eigenvalue weighted by Crippen LogP contribution is 2.20. The molecular formula is C16H18FN5O3. The summed E-state index contributed by atoms with van der Waals surface area (Å²) in [4.78, 5) is 30.3. The van der Waals surface area contributed by atoms with Gasteiger partial charge in [-0.1, -0.05) is 12.1 Å². The van der Waals surface area contributed by atoms with Crippen LogP contribution in [0.25, 0.3) is 0 Å². The molecule has 8 nitrogen and oxygen atoms in total. The number of aromatic nitrogens is 2. The fourth-order valence-electron chi connectivity index (χ4n) is 2.94. The van der Waals surface area contributed by atoms with E-state index in [0.717, 1.165) is 6.20 Å². The van der Waals surface area contributed by atoms with Crippen LogP contribution in [0.15, 0.2) is 30.5 Å². The number of nitro groups is 1. The molecule has 0 radical (unpaired) electrons. The number of hydrogen-bond donors (Lipinski definition) is 0. The van der Waals surface area contributed by atoms with Crippen LogP contribution in [0.1, 0.15) is 5.82 Å². The number of anilines is 1. The van der Waals surface area contributed by atoms with Crippen molar-refractivity contribution in [2.45, 2.75) is 13.5 Å². The molecule has 0 unspecified atom stereocenters. The first kappa shape index (κ1) is 16.9. The Morgan fingerprint density at radius 3 is 2.60 bits per heavy atom. The summed E-state index contributed by atoms with van der Waals surface area (Å²) in [7, 11) is 0. The Bertz CT molecular complexity index is 799. The van der Waals surface area contributed by atoms with Crippen LogP contribution in [0, 0.1) is 22.9 Å². The van der Waals surface area contributed by atoms with Crippen LogP contribution in [0.2, 0.25) is 0 Å². The predicted molar refractivity (Wildman–Crippen MR) is 88.8 cm³/mol. The molecule has 0 atom stereocenters. The van der Waals surface area contributed by atoms with Crippen LogP contribution in [0.3, 0.4) is 0 Å². The molecule has 3 rings (SSSR count). The molecule has 1 amide bonds. The van der Waals surface area contributed by atoms with Crippen molar-refractivity contribution >= 4 is 17.4 Å². The molecule has 132 valence electrons. The normalized spacial score (nSPS) is 14.6. The van der Waals surface area contributed by atoms with Crippen molar-refractivity contribution in [2.75, 3.05) is 31.1 Å². The van der Waals surface area contributed by atoms with Crippen molar-refractivity contribution < 1.29 is 14.1 Å². The summed E-state index contributed by atoms with van der Waals surface area (Å²) in [6.45, 7) is 3.40. The third-order valence-corrected chi connectivity index (χ3v) is 4.34. The SMILES string of the molecule is Cc1ncc([N+](=O)[O-])n1CC(=O)N1CCN(c2ccccc2F)CC1. The second-order valence-corrected chi connectivity index (χ2v) is 5.83. The van der Waals surface area contributed by atoms with Gasteiger partial charge in [-0.25, -0.2) is 13.9 Å². The molecule has 2 heterocycles. The van der Waals surface area contributed by atoms with Crippen molar-refractivity contribution in [2.24, 2.45) is 0 Å². The molecule has 9 heteroatoms. The fourth-order valence-corrected chi connectivity index (χ4v) is 2.94. The zero-order chi connectivity index (χ0) is 18.0. The van der Waals surface area contributed by atoms with E-state index in [0.29, 0.717) is 37.7 Å². The summed E-state index contributed by atoms with van der Waals surface area (Å²) in [6.07, 6.45) is 1.15. The summed E-state index contributed by atoms with van der Waals surface area (Å²) < 4.78 is 15.1. The Morgan fingerprint density at radius 2 is 1.96 bits per heavy atom. The van der Waals surface area contributed by atoms with E-state index in [1.54, 1.807) is 30.0 Å². The van der Waals surface area contributed by atoms with Gasteiger partial charge >= 0.3 is 5.82 Å². The van der Waals surface area contributed by atoms with Crippen molar-refractivity contribution in [1.29, 1.82) is 0 Å². The number of carbonyl (C=O) groups excluding carboxylic acids is 1. The summed E-state index contributed by atoms with van der Waals surface area (Å²) >= 11 is 0. The van der Waals surface area contributed by atoms with Gasteiger partial charge < -0.3 is 19.9 Å². The van der Waals surface area contributed by atoms with Gasteiger partial charge in [-0.3, -0.25) is 4.79 Å². The highest BCUT2D eigenvalue weighted by Gasteiger charge is 2.26. The number of piperazine rings is 1. The maximum Gasteiger partial charge on any atom is 0.343 e. The van der Waals surface area contributed by atoms with Crippen molar-refractivity contribution in [3.8, 4) is 0 Å². The number of amides is 1. The van der Waals surface area contributed by atoms with E-state index in [2.05, 4.69) is 4.98 Å². The minimum atomic E-state index is -0.552. The number of carbonyl (C=O) groups is 1. The topological polar surface area (TPSA) is 84.5 Å². The second-order valence-electron chi connectivity index (χ2n) is 5.83. The first-order valence-electron chi connectivity index (χ1n) is 7.91. The third-order valence-electron chi connectivity index (χ3n) is 4.34. The Hall–Kier alpha value is -2.97. The zero-order valence-corrected chi connectivity index (χ0v) is 13.8. The average Bonchev–Trinajstić information content (AvgIpc) is 2.96. The van der Waals surface area contributed by atoms with E-state index >= 15 is 0 Å². The standard InChI is InChI=1S/C16H18FN5O3/c1-12-18-10-15(22(24)25)21(12)11-16(23)20-8-6-19(7-9-20)14-5-3-2-4-13(14)17/h2-5,10H,6-9,11H2,1H3. The average molecular weight is 347 g/mol. The molecule has 1 saturated heterocycles. The minimum Gasteiger partial charge on any atom is -0.366 e. The van der Waals surface area contributed by atoms with Crippen LogP contribution < -0.4 is 4.90 Å². The first-order chi connectivity index (χ1) is 12.0. The van der Waals surface area contributed by atoms with E-state index in [1.807, 2.05) is 4.90 Å². The number of halogens is 1. The van der Waals surface area contributed by atoms with Gasteiger partial charge in [-0.05, 0) is 17.1 Å². The molecule has 1 aliphatic rings. The van der Waals surface area contributed by atoms with Gasteiger partial charge in [-0.2, -0.15) is 0 Å². The summed E-state index contributed by atoms with van der Waals surface area (Å²) in [6, 6.07) is 6.54. The maximum absolute atomic E-state index is 13.9. The summed E-state index contributed by atoms with van der Waals surface area (Å²) in [5.74, 6) is -0.273. The van der Waals surface area contributed by atoms with Crippen LogP contribution >= 0.6 is 0 Å². The monoisotopic (exact) mass is 347 g/mol. The molecule has 25 heavy (non-hydrogen) atoms. The number of hydrogen-bond acceptors (Lipinski definition) is 5. The van der Waals surface area contributed by atoms with Gasteiger partial charge in [-0.15, -0.1) is 0 Å². The van der Waals surface area contributed by atoms with E-state index in [9.17, 15) is 19.3 Å². The molecule has 1 aromatic carbocycles. The van der Waals surface area contributed by atoms with Crippen molar-refractivity contribution in [1.82, 2.24) is 14.5 Å². The van der Waals surface area contributed by atoms with E-state index in [1.165, 1.54) is 10.6 Å². The molecule has 1 aliphatic heterocycles. The number of imidazole rings is 1. The molecule has 0 bridgehead atoms. The lowest BCUT2D eigenvalue weighted by Crippen LogP contribution is -2.49. The van der Waals surface area contributed by atoms with Gasteiger partial charge in [0.15, 0.2) is 12.4 Å². The van der Waals surface area contributed by atoms with Crippen LogP contribution in [-0.4, -0.2) is 51.5 Å². The zero-order valence-electron chi connectivity index (χ0n) is 13.8. The summed E-state index contributed by atoms with van der Waals surface area (Å²) in [5.41, 5.74) is 0.524. The smallest absolute Gasteiger partial charge is 0.343 e. The van der Waals surface area contributed by atoms with Gasteiger partial charge in [0.2, 0.25) is 0 Å². The van der Waals surface area contributed by atoms with Crippen LogP contribution in [0.4, 0.5) is 15.9 Å². The number of benzene rings is 1. The molecule has 2 aromatic rings. The van der Waals surface area contributed by atoms with Crippen molar-refractivity contribution in [3.05, 3.63) is 52.2 Å². The highest BCUT2D eigenvalue weighted by atomic mass is 19.1. The lowest BCUT2D eigenvalue weighted by Gasteiger charge is -2.36.